The smallest absolute Gasteiger partial charge is 0.223 e. The SMILES string of the molecule is CN(C)CCSc1nc(Cl)ncc1N. The Balaban J connectivity index is 2.53. The van der Waals surface area contributed by atoms with Crippen molar-refractivity contribution in [1.29, 1.82) is 0 Å². The van der Waals surface area contributed by atoms with Crippen LogP contribution in [0.25, 0.3) is 0 Å². The molecule has 0 saturated carbocycles. The summed E-state index contributed by atoms with van der Waals surface area (Å²) in [5.41, 5.74) is 6.27. The molecule has 4 nitrogen and oxygen atoms in total. The average Bonchev–Trinajstić information content (AvgIpc) is 2.10. The van der Waals surface area contributed by atoms with Crippen molar-refractivity contribution in [1.82, 2.24) is 14.9 Å². The molecule has 2 N–H and O–H groups in total. The van der Waals surface area contributed by atoms with Gasteiger partial charge in [-0.3, -0.25) is 0 Å². The first-order valence-corrected chi connectivity index (χ1v) is 5.51. The van der Waals surface area contributed by atoms with E-state index >= 15 is 0 Å². The molecule has 0 saturated heterocycles. The van der Waals surface area contributed by atoms with Crippen LogP contribution in [0.2, 0.25) is 5.28 Å². The van der Waals surface area contributed by atoms with Gasteiger partial charge in [-0.15, -0.1) is 11.8 Å². The minimum atomic E-state index is 0.242. The van der Waals surface area contributed by atoms with Gasteiger partial charge < -0.3 is 10.6 Å². The van der Waals surface area contributed by atoms with Gasteiger partial charge >= 0.3 is 0 Å². The topological polar surface area (TPSA) is 55.0 Å². The van der Waals surface area contributed by atoms with Crippen LogP contribution in [0.15, 0.2) is 11.2 Å². The minimum Gasteiger partial charge on any atom is -0.395 e. The quantitative estimate of drug-likeness (QED) is 0.483. The van der Waals surface area contributed by atoms with E-state index in [1.54, 1.807) is 11.8 Å². The third-order valence-electron chi connectivity index (χ3n) is 1.53. The van der Waals surface area contributed by atoms with E-state index in [4.69, 9.17) is 17.3 Å². The predicted octanol–water partition coefficient (Wildman–Crippen LogP) is 1.37. The van der Waals surface area contributed by atoms with E-state index in [2.05, 4.69) is 14.9 Å². The Bertz CT molecular complexity index is 305. The highest BCUT2D eigenvalue weighted by Crippen LogP contribution is 2.22. The van der Waals surface area contributed by atoms with Crippen LogP contribution in [-0.2, 0) is 0 Å². The van der Waals surface area contributed by atoms with Crippen LogP contribution in [0, 0.1) is 0 Å². The van der Waals surface area contributed by atoms with Gasteiger partial charge in [-0.05, 0) is 25.7 Å². The van der Waals surface area contributed by atoms with Crippen molar-refractivity contribution in [2.75, 3.05) is 32.1 Å². The van der Waals surface area contributed by atoms with Crippen molar-refractivity contribution in [2.45, 2.75) is 5.03 Å². The van der Waals surface area contributed by atoms with Gasteiger partial charge in [0.15, 0.2) is 0 Å². The summed E-state index contributed by atoms with van der Waals surface area (Å²) in [5, 5.41) is 0.999. The minimum absolute atomic E-state index is 0.242. The first kappa shape index (κ1) is 11.6. The highest BCUT2D eigenvalue weighted by Gasteiger charge is 2.03. The Morgan fingerprint density at radius 1 is 1.57 bits per heavy atom. The van der Waals surface area contributed by atoms with Gasteiger partial charge in [0.2, 0.25) is 5.28 Å². The fraction of sp³-hybridized carbons (Fsp3) is 0.500. The number of anilines is 1. The number of nitrogens with two attached hydrogens (primary N) is 1. The second-order valence-corrected chi connectivity index (χ2v) is 4.47. The summed E-state index contributed by atoms with van der Waals surface area (Å²) in [5.74, 6) is 0.935. The molecular weight excluding hydrogens is 220 g/mol. The lowest BCUT2D eigenvalue weighted by molar-refractivity contribution is 0.437. The molecule has 0 aromatic carbocycles. The molecule has 78 valence electrons. The number of thioether (sulfide) groups is 1. The van der Waals surface area contributed by atoms with Gasteiger partial charge in [0, 0.05) is 12.3 Å². The maximum absolute atomic E-state index is 5.69. The monoisotopic (exact) mass is 232 g/mol. The third kappa shape index (κ3) is 3.69. The van der Waals surface area contributed by atoms with Gasteiger partial charge in [0.1, 0.15) is 5.03 Å². The molecule has 1 heterocycles. The van der Waals surface area contributed by atoms with Gasteiger partial charge in [0.05, 0.1) is 11.9 Å². The number of hydrogen-bond acceptors (Lipinski definition) is 5. The van der Waals surface area contributed by atoms with E-state index in [0.717, 1.165) is 17.3 Å². The summed E-state index contributed by atoms with van der Waals surface area (Å²) in [6.07, 6.45) is 1.54. The van der Waals surface area contributed by atoms with Crippen LogP contribution >= 0.6 is 23.4 Å². The molecule has 0 bridgehead atoms. The normalized spacial score (nSPS) is 10.9. The molecule has 0 aliphatic carbocycles. The van der Waals surface area contributed by atoms with Crippen molar-refractivity contribution in [2.24, 2.45) is 0 Å². The maximum Gasteiger partial charge on any atom is 0.223 e. The van der Waals surface area contributed by atoms with Crippen molar-refractivity contribution >= 4 is 29.1 Å². The molecule has 0 radical (unpaired) electrons. The summed E-state index contributed by atoms with van der Waals surface area (Å²) in [6, 6.07) is 0. The lowest BCUT2D eigenvalue weighted by Gasteiger charge is -2.09. The number of aromatic nitrogens is 2. The summed E-state index contributed by atoms with van der Waals surface area (Å²) in [4.78, 5) is 9.93. The standard InChI is InChI=1S/C8H13ClN4S/c1-13(2)3-4-14-7-6(10)5-11-8(9)12-7/h5H,3-4,10H2,1-2H3. The van der Waals surface area contributed by atoms with Gasteiger partial charge in [-0.2, -0.15) is 0 Å². The van der Waals surface area contributed by atoms with Crippen molar-refractivity contribution in [3.05, 3.63) is 11.5 Å². The second-order valence-electron chi connectivity index (χ2n) is 3.05. The fourth-order valence-electron chi connectivity index (χ4n) is 0.796. The Kier molecular flexibility index (Phi) is 4.44. The molecule has 1 rings (SSSR count). The highest BCUT2D eigenvalue weighted by molar-refractivity contribution is 7.99. The molecule has 0 atom stereocenters. The van der Waals surface area contributed by atoms with Gasteiger partial charge in [-0.25, -0.2) is 9.97 Å². The van der Waals surface area contributed by atoms with Crippen LogP contribution in [-0.4, -0.2) is 41.3 Å². The Labute approximate surface area is 92.9 Å². The molecule has 6 heteroatoms. The van der Waals surface area contributed by atoms with Crippen LogP contribution < -0.4 is 5.73 Å². The number of hydrogen-bond donors (Lipinski definition) is 1. The van der Waals surface area contributed by atoms with Crippen molar-refractivity contribution in [3.8, 4) is 0 Å². The molecule has 0 aliphatic heterocycles. The van der Waals surface area contributed by atoms with Gasteiger partial charge in [-0.1, -0.05) is 0 Å². The van der Waals surface area contributed by atoms with Crippen LogP contribution in [0.4, 0.5) is 5.69 Å². The first-order valence-electron chi connectivity index (χ1n) is 4.15. The zero-order valence-corrected chi connectivity index (χ0v) is 9.77. The van der Waals surface area contributed by atoms with Crippen molar-refractivity contribution in [3.63, 3.8) is 0 Å². The molecule has 0 fully saturated rings. The van der Waals surface area contributed by atoms with Crippen molar-refractivity contribution < 1.29 is 0 Å². The Morgan fingerprint density at radius 2 is 2.29 bits per heavy atom. The first-order chi connectivity index (χ1) is 6.59. The lowest BCUT2D eigenvalue weighted by atomic mass is 10.6. The average molecular weight is 233 g/mol. The fourth-order valence-corrected chi connectivity index (χ4v) is 2.00. The largest absolute Gasteiger partial charge is 0.395 e. The zero-order valence-electron chi connectivity index (χ0n) is 8.20. The molecule has 0 spiro atoms. The molecular formula is C8H13ClN4S. The summed E-state index contributed by atoms with van der Waals surface area (Å²) in [6.45, 7) is 0.978. The van der Waals surface area contributed by atoms with E-state index in [0.29, 0.717) is 5.69 Å². The number of halogens is 1. The Morgan fingerprint density at radius 3 is 2.93 bits per heavy atom. The number of nitrogen functional groups attached to an aromatic ring is 1. The zero-order chi connectivity index (χ0) is 10.6. The molecule has 0 amide bonds. The van der Waals surface area contributed by atoms with Crippen LogP contribution in [0.3, 0.4) is 0 Å². The van der Waals surface area contributed by atoms with E-state index in [9.17, 15) is 0 Å². The molecule has 14 heavy (non-hydrogen) atoms. The summed E-state index contributed by atoms with van der Waals surface area (Å²) < 4.78 is 0. The molecule has 1 aromatic heterocycles. The van der Waals surface area contributed by atoms with Crippen LogP contribution in [0.5, 0.6) is 0 Å². The van der Waals surface area contributed by atoms with E-state index in [-0.39, 0.29) is 5.28 Å². The summed E-state index contributed by atoms with van der Waals surface area (Å²) >= 11 is 7.24. The number of rotatable bonds is 4. The van der Waals surface area contributed by atoms with Crippen LogP contribution in [0.1, 0.15) is 0 Å². The van der Waals surface area contributed by atoms with Gasteiger partial charge in [0.25, 0.3) is 0 Å². The molecule has 0 aliphatic rings. The van der Waals surface area contributed by atoms with E-state index in [1.165, 1.54) is 6.20 Å². The third-order valence-corrected chi connectivity index (χ3v) is 2.70. The molecule has 1 aromatic rings. The second kappa shape index (κ2) is 5.38. The molecule has 0 unspecified atom stereocenters. The number of nitrogens with zero attached hydrogens (tertiary/aromatic N) is 3. The highest BCUT2D eigenvalue weighted by atomic mass is 35.5. The van der Waals surface area contributed by atoms with E-state index < -0.39 is 0 Å². The Hall–Kier alpha value is -0.520. The summed E-state index contributed by atoms with van der Waals surface area (Å²) in [7, 11) is 4.05. The maximum atomic E-state index is 5.69. The predicted molar refractivity (Wildman–Crippen MR) is 60.7 cm³/mol. The van der Waals surface area contributed by atoms with E-state index in [1.807, 2.05) is 14.1 Å². The lowest BCUT2D eigenvalue weighted by Crippen LogP contribution is -2.15.